The number of fused-ring (bicyclic) bond motifs is 1. The van der Waals surface area contributed by atoms with E-state index < -0.39 is 0 Å². The number of hydrogen-bond donors (Lipinski definition) is 1. The van der Waals surface area contributed by atoms with Crippen LogP contribution in [0.15, 0.2) is 65.5 Å². The van der Waals surface area contributed by atoms with Crippen LogP contribution in [0.3, 0.4) is 0 Å². The van der Waals surface area contributed by atoms with Crippen molar-refractivity contribution in [3.05, 3.63) is 66.9 Å². The van der Waals surface area contributed by atoms with Crippen molar-refractivity contribution in [2.45, 2.75) is 13.0 Å². The van der Waals surface area contributed by atoms with Gasteiger partial charge in [-0.15, -0.1) is 11.3 Å². The minimum atomic E-state index is 0.0446. The third kappa shape index (κ3) is 2.71. The zero-order chi connectivity index (χ0) is 15.6. The molecule has 0 spiro atoms. The number of nitrogens with zero attached hydrogens (tertiary/aromatic N) is 2. The molecule has 4 nitrogen and oxygen atoms in total. The number of benzene rings is 1. The molecule has 0 radical (unpaired) electrons. The fraction of sp³-hybridized carbons (Fsp3) is 0.111. The summed E-state index contributed by atoms with van der Waals surface area (Å²) in [6, 6.07) is 16.4. The van der Waals surface area contributed by atoms with Crippen molar-refractivity contribution in [3.63, 3.8) is 0 Å². The standard InChI is InChI=1S/C18H15N3OS/c1-12(15-8-5-9-22-15)21-17-14-10-16(13-6-3-2-4-7-13)23-18(14)20-11-19-17/h2-12H,1H3,(H,19,20,21)/t12-/m0/s1. The number of furan rings is 1. The Morgan fingerprint density at radius 2 is 1.96 bits per heavy atom. The molecule has 3 aromatic heterocycles. The SMILES string of the molecule is C[C@H](Nc1ncnc2sc(-c3ccccc3)cc12)c1ccco1. The first-order chi connectivity index (χ1) is 11.3. The van der Waals surface area contributed by atoms with Crippen molar-refractivity contribution >= 4 is 27.4 Å². The van der Waals surface area contributed by atoms with Gasteiger partial charge in [-0.25, -0.2) is 9.97 Å². The molecule has 0 unspecified atom stereocenters. The summed E-state index contributed by atoms with van der Waals surface area (Å²) in [5.74, 6) is 1.72. The lowest BCUT2D eigenvalue weighted by Gasteiger charge is -2.12. The Hall–Kier alpha value is -2.66. The van der Waals surface area contributed by atoms with Crippen LogP contribution in [0.4, 0.5) is 5.82 Å². The van der Waals surface area contributed by atoms with Crippen LogP contribution in [0.2, 0.25) is 0 Å². The molecule has 1 aromatic carbocycles. The summed E-state index contributed by atoms with van der Waals surface area (Å²) < 4.78 is 5.45. The highest BCUT2D eigenvalue weighted by Gasteiger charge is 2.14. The van der Waals surface area contributed by atoms with Gasteiger partial charge in [0.05, 0.1) is 17.7 Å². The van der Waals surface area contributed by atoms with Crippen LogP contribution in [-0.4, -0.2) is 9.97 Å². The summed E-state index contributed by atoms with van der Waals surface area (Å²) in [6.07, 6.45) is 3.28. The number of rotatable bonds is 4. The first-order valence-corrected chi connectivity index (χ1v) is 8.23. The van der Waals surface area contributed by atoms with Crippen molar-refractivity contribution in [2.75, 3.05) is 5.32 Å². The summed E-state index contributed by atoms with van der Waals surface area (Å²) in [7, 11) is 0. The monoisotopic (exact) mass is 321 g/mol. The summed E-state index contributed by atoms with van der Waals surface area (Å²) in [6.45, 7) is 2.05. The van der Waals surface area contributed by atoms with E-state index in [2.05, 4.69) is 40.4 Å². The van der Waals surface area contributed by atoms with E-state index in [1.807, 2.05) is 30.3 Å². The quantitative estimate of drug-likeness (QED) is 0.566. The van der Waals surface area contributed by atoms with Crippen LogP contribution in [0, 0.1) is 0 Å². The predicted molar refractivity (Wildman–Crippen MR) is 93.6 cm³/mol. The van der Waals surface area contributed by atoms with Crippen LogP contribution in [0.5, 0.6) is 0 Å². The number of anilines is 1. The average molecular weight is 321 g/mol. The van der Waals surface area contributed by atoms with Gasteiger partial charge < -0.3 is 9.73 Å². The first-order valence-electron chi connectivity index (χ1n) is 7.41. The molecule has 1 atom stereocenters. The molecule has 0 bridgehead atoms. The maximum absolute atomic E-state index is 5.45. The Morgan fingerprint density at radius 3 is 2.74 bits per heavy atom. The summed E-state index contributed by atoms with van der Waals surface area (Å²) in [5.41, 5.74) is 1.19. The van der Waals surface area contributed by atoms with E-state index in [-0.39, 0.29) is 6.04 Å². The van der Waals surface area contributed by atoms with Gasteiger partial charge in [-0.05, 0) is 30.7 Å². The van der Waals surface area contributed by atoms with Gasteiger partial charge in [0, 0.05) is 4.88 Å². The second-order valence-corrected chi connectivity index (χ2v) is 6.33. The molecule has 4 rings (SSSR count). The zero-order valence-corrected chi connectivity index (χ0v) is 13.4. The third-order valence-electron chi connectivity index (χ3n) is 3.71. The molecule has 5 heteroatoms. The van der Waals surface area contributed by atoms with E-state index in [1.165, 1.54) is 10.4 Å². The second-order valence-electron chi connectivity index (χ2n) is 5.30. The van der Waals surface area contributed by atoms with Gasteiger partial charge in [0.2, 0.25) is 0 Å². The van der Waals surface area contributed by atoms with E-state index in [9.17, 15) is 0 Å². The maximum Gasteiger partial charge on any atom is 0.138 e. The Kier molecular flexibility index (Phi) is 3.55. The lowest BCUT2D eigenvalue weighted by Crippen LogP contribution is -2.07. The van der Waals surface area contributed by atoms with E-state index in [0.717, 1.165) is 21.8 Å². The fourth-order valence-corrected chi connectivity index (χ4v) is 3.53. The Bertz CT molecular complexity index is 916. The molecule has 0 saturated heterocycles. The van der Waals surface area contributed by atoms with Crippen molar-refractivity contribution in [1.82, 2.24) is 9.97 Å². The molecule has 0 aliphatic heterocycles. The molecule has 4 aromatic rings. The predicted octanol–water partition coefficient (Wildman–Crippen LogP) is 5.12. The largest absolute Gasteiger partial charge is 0.467 e. The van der Waals surface area contributed by atoms with Crippen LogP contribution >= 0.6 is 11.3 Å². The minimum Gasteiger partial charge on any atom is -0.467 e. The average Bonchev–Trinajstić information content (AvgIpc) is 3.26. The van der Waals surface area contributed by atoms with Gasteiger partial charge in [0.25, 0.3) is 0 Å². The van der Waals surface area contributed by atoms with E-state index in [1.54, 1.807) is 23.9 Å². The number of hydrogen-bond acceptors (Lipinski definition) is 5. The van der Waals surface area contributed by atoms with Crippen LogP contribution < -0.4 is 5.32 Å². The Labute approximate surface area is 137 Å². The normalized spacial score (nSPS) is 12.4. The van der Waals surface area contributed by atoms with Gasteiger partial charge in [-0.3, -0.25) is 0 Å². The minimum absolute atomic E-state index is 0.0446. The van der Waals surface area contributed by atoms with Gasteiger partial charge in [0.15, 0.2) is 0 Å². The molecule has 0 aliphatic carbocycles. The second kappa shape index (κ2) is 5.85. The lowest BCUT2D eigenvalue weighted by atomic mass is 10.2. The molecular weight excluding hydrogens is 306 g/mol. The molecule has 114 valence electrons. The highest BCUT2D eigenvalue weighted by atomic mass is 32.1. The maximum atomic E-state index is 5.45. The summed E-state index contributed by atoms with van der Waals surface area (Å²) in [4.78, 5) is 11.0. The molecule has 0 fully saturated rings. The van der Waals surface area contributed by atoms with E-state index >= 15 is 0 Å². The Balaban J connectivity index is 1.72. The van der Waals surface area contributed by atoms with Gasteiger partial charge in [0.1, 0.15) is 22.7 Å². The van der Waals surface area contributed by atoms with Gasteiger partial charge >= 0.3 is 0 Å². The van der Waals surface area contributed by atoms with E-state index in [4.69, 9.17) is 4.42 Å². The van der Waals surface area contributed by atoms with Crippen molar-refractivity contribution in [3.8, 4) is 10.4 Å². The number of aromatic nitrogens is 2. The molecule has 23 heavy (non-hydrogen) atoms. The van der Waals surface area contributed by atoms with Crippen molar-refractivity contribution < 1.29 is 4.42 Å². The van der Waals surface area contributed by atoms with Crippen molar-refractivity contribution in [2.24, 2.45) is 0 Å². The molecular formula is C18H15N3OS. The fourth-order valence-electron chi connectivity index (χ4n) is 2.53. The zero-order valence-electron chi connectivity index (χ0n) is 12.6. The third-order valence-corrected chi connectivity index (χ3v) is 4.80. The molecule has 0 saturated carbocycles. The van der Waals surface area contributed by atoms with Crippen molar-refractivity contribution in [1.29, 1.82) is 0 Å². The lowest BCUT2D eigenvalue weighted by molar-refractivity contribution is 0.490. The molecule has 0 amide bonds. The summed E-state index contributed by atoms with van der Waals surface area (Å²) >= 11 is 1.67. The number of nitrogens with one attached hydrogen (secondary N) is 1. The molecule has 0 aliphatic rings. The van der Waals surface area contributed by atoms with Crippen LogP contribution in [0.1, 0.15) is 18.7 Å². The first kappa shape index (κ1) is 14.0. The Morgan fingerprint density at radius 1 is 1.09 bits per heavy atom. The van der Waals surface area contributed by atoms with Gasteiger partial charge in [-0.2, -0.15) is 0 Å². The van der Waals surface area contributed by atoms with Gasteiger partial charge in [-0.1, -0.05) is 30.3 Å². The smallest absolute Gasteiger partial charge is 0.138 e. The van der Waals surface area contributed by atoms with E-state index in [0.29, 0.717) is 0 Å². The van der Waals surface area contributed by atoms with Crippen LogP contribution in [0.25, 0.3) is 20.7 Å². The molecule has 3 heterocycles. The summed E-state index contributed by atoms with van der Waals surface area (Å²) in [5, 5.41) is 4.45. The topological polar surface area (TPSA) is 51.0 Å². The number of thiophene rings is 1. The van der Waals surface area contributed by atoms with Crippen LogP contribution in [-0.2, 0) is 0 Å². The molecule has 1 N–H and O–H groups in total. The highest BCUT2D eigenvalue weighted by Crippen LogP contribution is 2.35. The highest BCUT2D eigenvalue weighted by molar-refractivity contribution is 7.21.